The highest BCUT2D eigenvalue weighted by Gasteiger charge is 2.37. The van der Waals surface area contributed by atoms with Crippen LogP contribution in [0.2, 0.25) is 0 Å². The number of rotatable bonds is 5. The number of aliphatic carboxylic acids is 1. The summed E-state index contributed by atoms with van der Waals surface area (Å²) in [5, 5.41) is 7.62. The Kier molecular flexibility index (Phi) is 4.89. The van der Waals surface area contributed by atoms with Crippen molar-refractivity contribution in [2.24, 2.45) is 0 Å². The summed E-state index contributed by atoms with van der Waals surface area (Å²) in [6.07, 6.45) is 2.89. The van der Waals surface area contributed by atoms with Crippen molar-refractivity contribution >= 4 is 21.7 Å². The fraction of sp³-hybridized carbons (Fsp3) is 0.636. The Morgan fingerprint density at radius 2 is 2.06 bits per heavy atom. The van der Waals surface area contributed by atoms with Crippen molar-refractivity contribution in [3.8, 4) is 0 Å². The van der Waals surface area contributed by atoms with Gasteiger partial charge in [-0.3, -0.25) is 9.59 Å². The molecule has 0 bridgehead atoms. The molecule has 0 aliphatic carbocycles. The van der Waals surface area contributed by atoms with Gasteiger partial charge in [0.25, 0.3) is 0 Å². The van der Waals surface area contributed by atoms with Gasteiger partial charge in [0.15, 0.2) is 9.84 Å². The van der Waals surface area contributed by atoms with Crippen LogP contribution in [0, 0.1) is 0 Å². The Bertz CT molecular complexity index is 442. The molecular formula is C11H17NO5S. The van der Waals surface area contributed by atoms with E-state index >= 15 is 0 Å². The molecule has 0 saturated carbocycles. The Morgan fingerprint density at radius 3 is 2.56 bits per heavy atom. The lowest BCUT2D eigenvalue weighted by Crippen LogP contribution is -2.47. The molecule has 18 heavy (non-hydrogen) atoms. The zero-order valence-electron chi connectivity index (χ0n) is 10.0. The molecule has 1 N–H and O–H groups in total. The van der Waals surface area contributed by atoms with E-state index in [4.69, 9.17) is 5.11 Å². The Balaban J connectivity index is 2.87. The number of carboxylic acids is 1. The second kappa shape index (κ2) is 5.99. The number of carboxylic acid groups (broad SMARTS) is 1. The first-order valence-corrected chi connectivity index (χ1v) is 7.43. The van der Waals surface area contributed by atoms with Crippen molar-refractivity contribution < 1.29 is 23.1 Å². The maximum Gasteiger partial charge on any atom is 0.323 e. The highest BCUT2D eigenvalue weighted by Crippen LogP contribution is 2.21. The minimum atomic E-state index is -3.44. The summed E-state index contributed by atoms with van der Waals surface area (Å²) in [7, 11) is -3.44. The molecule has 1 aliphatic heterocycles. The average Bonchev–Trinajstić information content (AvgIpc) is 2.26. The lowest BCUT2D eigenvalue weighted by Gasteiger charge is -2.27. The Labute approximate surface area is 106 Å². The van der Waals surface area contributed by atoms with E-state index in [2.05, 4.69) is 6.58 Å². The standard InChI is InChI=1S/C11H17NO5S/c1-2-6-12(8-10(13)14)11(15)9-5-3-4-7-18(9,16)17/h2,9H,1,3-8H2,(H,13,14). The van der Waals surface area contributed by atoms with E-state index in [9.17, 15) is 18.0 Å². The second-order valence-electron chi connectivity index (χ2n) is 4.25. The first kappa shape index (κ1) is 14.7. The van der Waals surface area contributed by atoms with Gasteiger partial charge in [-0.2, -0.15) is 0 Å². The van der Waals surface area contributed by atoms with E-state index in [0.717, 1.165) is 4.90 Å². The summed E-state index contributed by atoms with van der Waals surface area (Å²) in [5.41, 5.74) is 0. The largest absolute Gasteiger partial charge is 0.480 e. The predicted octanol–water partition coefficient (Wildman–Crippen LogP) is 0.0529. The molecule has 1 aliphatic rings. The fourth-order valence-electron chi connectivity index (χ4n) is 1.99. The maximum atomic E-state index is 12.1. The number of carbonyl (C=O) groups excluding carboxylic acids is 1. The van der Waals surface area contributed by atoms with E-state index in [0.29, 0.717) is 12.8 Å². The summed E-state index contributed by atoms with van der Waals surface area (Å²) in [6, 6.07) is 0. The average molecular weight is 275 g/mol. The molecular weight excluding hydrogens is 258 g/mol. The summed E-state index contributed by atoms with van der Waals surface area (Å²) >= 11 is 0. The van der Waals surface area contributed by atoms with Gasteiger partial charge in [0.2, 0.25) is 5.91 Å². The smallest absolute Gasteiger partial charge is 0.323 e. The number of amides is 1. The Hall–Kier alpha value is -1.37. The van der Waals surface area contributed by atoms with Gasteiger partial charge in [0.1, 0.15) is 11.8 Å². The van der Waals surface area contributed by atoms with Crippen LogP contribution in [0.15, 0.2) is 12.7 Å². The monoisotopic (exact) mass is 275 g/mol. The molecule has 0 aromatic heterocycles. The molecule has 0 radical (unpaired) electrons. The van der Waals surface area contributed by atoms with E-state index in [-0.39, 0.29) is 18.7 Å². The van der Waals surface area contributed by atoms with Crippen molar-refractivity contribution in [1.29, 1.82) is 0 Å². The first-order valence-electron chi connectivity index (χ1n) is 5.71. The molecule has 1 atom stereocenters. The third-order valence-electron chi connectivity index (χ3n) is 2.84. The molecule has 7 heteroatoms. The van der Waals surface area contributed by atoms with Crippen molar-refractivity contribution in [3.63, 3.8) is 0 Å². The van der Waals surface area contributed by atoms with E-state index < -0.39 is 33.5 Å². The topological polar surface area (TPSA) is 91.8 Å². The molecule has 6 nitrogen and oxygen atoms in total. The highest BCUT2D eigenvalue weighted by atomic mass is 32.2. The molecule has 1 amide bonds. The quantitative estimate of drug-likeness (QED) is 0.716. The third-order valence-corrected chi connectivity index (χ3v) is 5.00. The van der Waals surface area contributed by atoms with Crippen molar-refractivity contribution in [2.75, 3.05) is 18.8 Å². The van der Waals surface area contributed by atoms with Crippen LogP contribution >= 0.6 is 0 Å². The van der Waals surface area contributed by atoms with Gasteiger partial charge < -0.3 is 10.0 Å². The molecule has 1 rings (SSSR count). The van der Waals surface area contributed by atoms with Gasteiger partial charge in [-0.25, -0.2) is 8.42 Å². The summed E-state index contributed by atoms with van der Waals surface area (Å²) in [4.78, 5) is 23.7. The lowest BCUT2D eigenvalue weighted by atomic mass is 10.1. The van der Waals surface area contributed by atoms with E-state index in [1.165, 1.54) is 6.08 Å². The zero-order valence-corrected chi connectivity index (χ0v) is 10.9. The molecule has 1 saturated heterocycles. The zero-order chi connectivity index (χ0) is 13.8. The minimum Gasteiger partial charge on any atom is -0.480 e. The molecule has 0 aromatic carbocycles. The van der Waals surface area contributed by atoms with Gasteiger partial charge in [0, 0.05) is 6.54 Å². The predicted molar refractivity (Wildman–Crippen MR) is 65.8 cm³/mol. The number of carbonyl (C=O) groups is 2. The summed E-state index contributed by atoms with van der Waals surface area (Å²) in [6.45, 7) is 2.97. The number of nitrogens with zero attached hydrogens (tertiary/aromatic N) is 1. The third kappa shape index (κ3) is 3.56. The molecule has 1 heterocycles. The summed E-state index contributed by atoms with van der Waals surface area (Å²) < 4.78 is 23.6. The van der Waals surface area contributed by atoms with Crippen molar-refractivity contribution in [2.45, 2.75) is 24.5 Å². The van der Waals surface area contributed by atoms with Crippen molar-refractivity contribution in [1.82, 2.24) is 4.90 Å². The Morgan fingerprint density at radius 1 is 1.39 bits per heavy atom. The second-order valence-corrected chi connectivity index (χ2v) is 6.56. The van der Waals surface area contributed by atoms with Crippen LogP contribution in [0.3, 0.4) is 0 Å². The van der Waals surface area contributed by atoms with Gasteiger partial charge in [-0.1, -0.05) is 12.5 Å². The van der Waals surface area contributed by atoms with E-state index in [1.807, 2.05) is 0 Å². The van der Waals surface area contributed by atoms with Crippen molar-refractivity contribution in [3.05, 3.63) is 12.7 Å². The molecule has 1 unspecified atom stereocenters. The van der Waals surface area contributed by atoms with Crippen LogP contribution in [0.4, 0.5) is 0 Å². The van der Waals surface area contributed by atoms with Gasteiger partial charge >= 0.3 is 5.97 Å². The number of hydrogen-bond donors (Lipinski definition) is 1. The highest BCUT2D eigenvalue weighted by molar-refractivity contribution is 7.92. The van der Waals surface area contributed by atoms with Gasteiger partial charge in [0.05, 0.1) is 5.75 Å². The van der Waals surface area contributed by atoms with Crippen LogP contribution in [-0.2, 0) is 19.4 Å². The van der Waals surface area contributed by atoms with Gasteiger partial charge in [-0.05, 0) is 12.8 Å². The fourth-order valence-corrected chi connectivity index (χ4v) is 3.86. The molecule has 0 aromatic rings. The normalized spacial score (nSPS) is 22.1. The van der Waals surface area contributed by atoms with Crippen LogP contribution in [-0.4, -0.2) is 54.4 Å². The van der Waals surface area contributed by atoms with Crippen LogP contribution < -0.4 is 0 Å². The lowest BCUT2D eigenvalue weighted by molar-refractivity contribution is -0.144. The number of sulfone groups is 1. The molecule has 102 valence electrons. The molecule has 1 fully saturated rings. The van der Waals surface area contributed by atoms with E-state index in [1.54, 1.807) is 0 Å². The minimum absolute atomic E-state index is 0.00158. The number of hydrogen-bond acceptors (Lipinski definition) is 4. The van der Waals surface area contributed by atoms with Crippen LogP contribution in [0.1, 0.15) is 19.3 Å². The van der Waals surface area contributed by atoms with Crippen LogP contribution in [0.25, 0.3) is 0 Å². The van der Waals surface area contributed by atoms with Gasteiger partial charge in [-0.15, -0.1) is 6.58 Å². The summed E-state index contributed by atoms with van der Waals surface area (Å²) in [5.74, 6) is -1.80. The first-order chi connectivity index (χ1) is 8.38. The van der Waals surface area contributed by atoms with Crippen LogP contribution in [0.5, 0.6) is 0 Å². The molecule has 0 spiro atoms. The maximum absolute atomic E-state index is 12.1. The SMILES string of the molecule is C=CCN(CC(=O)O)C(=O)C1CCCCS1(=O)=O.